The largest absolute Gasteiger partial charge is 0.399 e. The first-order chi connectivity index (χ1) is 8.06. The highest BCUT2D eigenvalue weighted by molar-refractivity contribution is 6.29. The molecule has 1 fully saturated rings. The molecular formula is C13H20ClN3. The number of aromatic nitrogens is 1. The summed E-state index contributed by atoms with van der Waals surface area (Å²) in [6.45, 7) is 4.62. The van der Waals surface area contributed by atoms with E-state index in [4.69, 9.17) is 17.3 Å². The molecule has 0 saturated heterocycles. The molecule has 94 valence electrons. The number of nitrogens with zero attached hydrogens (tertiary/aromatic N) is 1. The van der Waals surface area contributed by atoms with E-state index in [-0.39, 0.29) is 0 Å². The second kappa shape index (κ2) is 5.13. The Morgan fingerprint density at radius 2 is 2.12 bits per heavy atom. The average molecular weight is 254 g/mol. The number of nitrogens with one attached hydrogen (secondary N) is 1. The zero-order valence-corrected chi connectivity index (χ0v) is 11.2. The van der Waals surface area contributed by atoms with E-state index in [1.165, 1.54) is 19.3 Å². The van der Waals surface area contributed by atoms with E-state index in [1.54, 1.807) is 6.07 Å². The van der Waals surface area contributed by atoms with E-state index in [2.05, 4.69) is 24.1 Å². The molecule has 0 aliphatic heterocycles. The summed E-state index contributed by atoms with van der Waals surface area (Å²) in [5.74, 6) is 2.21. The molecule has 1 aliphatic rings. The van der Waals surface area contributed by atoms with Crippen molar-refractivity contribution in [1.82, 2.24) is 4.98 Å². The van der Waals surface area contributed by atoms with Crippen LogP contribution in [0.1, 0.15) is 33.1 Å². The van der Waals surface area contributed by atoms with Crippen molar-refractivity contribution >= 4 is 23.1 Å². The van der Waals surface area contributed by atoms with Gasteiger partial charge in [-0.2, -0.15) is 0 Å². The molecule has 1 saturated carbocycles. The number of hydrogen-bond acceptors (Lipinski definition) is 3. The highest BCUT2D eigenvalue weighted by Gasteiger charge is 2.27. The summed E-state index contributed by atoms with van der Waals surface area (Å²) in [5, 5.41) is 3.92. The maximum atomic E-state index is 5.90. The van der Waals surface area contributed by atoms with E-state index in [0.717, 1.165) is 11.7 Å². The number of anilines is 2. The minimum absolute atomic E-state index is 0.448. The standard InChI is InChI=1S/C13H20ClN3/c1-8-4-3-5-11(9(8)2)16-13-7-10(15)6-12(14)17-13/h6-9,11H,3-5H2,1-2H3,(H3,15,16,17). The molecule has 1 aromatic rings. The van der Waals surface area contributed by atoms with Crippen molar-refractivity contribution in [3.8, 4) is 0 Å². The monoisotopic (exact) mass is 253 g/mol. The molecule has 1 aromatic heterocycles. The lowest BCUT2D eigenvalue weighted by molar-refractivity contribution is 0.253. The number of pyridine rings is 1. The van der Waals surface area contributed by atoms with Gasteiger partial charge in [0.1, 0.15) is 11.0 Å². The van der Waals surface area contributed by atoms with Crippen molar-refractivity contribution < 1.29 is 0 Å². The van der Waals surface area contributed by atoms with Crippen molar-refractivity contribution in [2.24, 2.45) is 11.8 Å². The number of nitrogen functional groups attached to an aromatic ring is 1. The highest BCUT2D eigenvalue weighted by atomic mass is 35.5. The smallest absolute Gasteiger partial charge is 0.133 e. The van der Waals surface area contributed by atoms with Crippen LogP contribution in [0.4, 0.5) is 11.5 Å². The molecule has 0 radical (unpaired) electrons. The lowest BCUT2D eigenvalue weighted by atomic mass is 9.78. The molecule has 1 aliphatic carbocycles. The van der Waals surface area contributed by atoms with Crippen LogP contribution >= 0.6 is 11.6 Å². The molecule has 0 amide bonds. The number of hydrogen-bond donors (Lipinski definition) is 2. The van der Waals surface area contributed by atoms with Gasteiger partial charge in [-0.05, 0) is 24.3 Å². The molecule has 1 heterocycles. The normalized spacial score (nSPS) is 29.0. The van der Waals surface area contributed by atoms with Gasteiger partial charge in [0.25, 0.3) is 0 Å². The Labute approximate surface area is 108 Å². The Morgan fingerprint density at radius 3 is 2.82 bits per heavy atom. The van der Waals surface area contributed by atoms with Crippen molar-refractivity contribution in [2.45, 2.75) is 39.2 Å². The van der Waals surface area contributed by atoms with Gasteiger partial charge in [0.2, 0.25) is 0 Å². The molecule has 4 heteroatoms. The molecule has 3 N–H and O–H groups in total. The van der Waals surface area contributed by atoms with E-state index < -0.39 is 0 Å². The maximum absolute atomic E-state index is 5.90. The number of halogens is 1. The number of rotatable bonds is 2. The Hall–Kier alpha value is -0.960. The van der Waals surface area contributed by atoms with Gasteiger partial charge >= 0.3 is 0 Å². The fourth-order valence-corrected chi connectivity index (χ4v) is 2.78. The van der Waals surface area contributed by atoms with Crippen LogP contribution in [-0.4, -0.2) is 11.0 Å². The van der Waals surface area contributed by atoms with Crippen molar-refractivity contribution in [3.05, 3.63) is 17.3 Å². The van der Waals surface area contributed by atoms with Crippen molar-refractivity contribution in [3.63, 3.8) is 0 Å². The lowest BCUT2D eigenvalue weighted by Crippen LogP contribution is -2.35. The van der Waals surface area contributed by atoms with Gasteiger partial charge in [-0.25, -0.2) is 4.98 Å². The van der Waals surface area contributed by atoms with Crippen molar-refractivity contribution in [2.75, 3.05) is 11.1 Å². The lowest BCUT2D eigenvalue weighted by Gasteiger charge is -2.35. The summed E-state index contributed by atoms with van der Waals surface area (Å²) in [6.07, 6.45) is 3.79. The minimum atomic E-state index is 0.448. The van der Waals surface area contributed by atoms with Crippen LogP contribution in [0.5, 0.6) is 0 Å². The second-order valence-corrected chi connectivity index (χ2v) is 5.51. The minimum Gasteiger partial charge on any atom is -0.399 e. The van der Waals surface area contributed by atoms with E-state index in [0.29, 0.717) is 22.8 Å². The van der Waals surface area contributed by atoms with E-state index >= 15 is 0 Å². The van der Waals surface area contributed by atoms with Gasteiger partial charge in [0.15, 0.2) is 0 Å². The molecule has 3 nitrogen and oxygen atoms in total. The van der Waals surface area contributed by atoms with Crippen LogP contribution in [0.25, 0.3) is 0 Å². The maximum Gasteiger partial charge on any atom is 0.133 e. The summed E-state index contributed by atoms with van der Waals surface area (Å²) >= 11 is 5.90. The highest BCUT2D eigenvalue weighted by Crippen LogP contribution is 2.31. The molecule has 0 bridgehead atoms. The quantitative estimate of drug-likeness (QED) is 0.793. The van der Waals surface area contributed by atoms with Gasteiger partial charge in [0, 0.05) is 17.8 Å². The Kier molecular flexibility index (Phi) is 3.77. The Balaban J connectivity index is 2.09. The third kappa shape index (κ3) is 3.03. The Morgan fingerprint density at radius 1 is 1.35 bits per heavy atom. The predicted octanol–water partition coefficient (Wildman–Crippen LogP) is 3.55. The van der Waals surface area contributed by atoms with Crippen LogP contribution in [0.2, 0.25) is 5.15 Å². The third-order valence-electron chi connectivity index (χ3n) is 3.86. The molecule has 0 spiro atoms. The van der Waals surface area contributed by atoms with Crippen LogP contribution in [0.15, 0.2) is 12.1 Å². The van der Waals surface area contributed by atoms with Crippen molar-refractivity contribution in [1.29, 1.82) is 0 Å². The zero-order valence-electron chi connectivity index (χ0n) is 10.4. The summed E-state index contributed by atoms with van der Waals surface area (Å²) in [7, 11) is 0. The van der Waals surface area contributed by atoms with Gasteiger partial charge in [-0.15, -0.1) is 0 Å². The second-order valence-electron chi connectivity index (χ2n) is 5.13. The molecule has 2 rings (SSSR count). The predicted molar refractivity (Wildman–Crippen MR) is 73.2 cm³/mol. The molecule has 0 aromatic carbocycles. The fourth-order valence-electron chi connectivity index (χ4n) is 2.57. The van der Waals surface area contributed by atoms with Crippen LogP contribution < -0.4 is 11.1 Å². The van der Waals surface area contributed by atoms with Crippen LogP contribution in [0.3, 0.4) is 0 Å². The Bertz CT molecular complexity index is 374. The summed E-state index contributed by atoms with van der Waals surface area (Å²) < 4.78 is 0. The summed E-state index contributed by atoms with van der Waals surface area (Å²) in [4.78, 5) is 4.26. The number of nitrogens with two attached hydrogens (primary N) is 1. The first-order valence-corrected chi connectivity index (χ1v) is 6.63. The van der Waals surface area contributed by atoms with Crippen LogP contribution in [0, 0.1) is 11.8 Å². The molecular weight excluding hydrogens is 234 g/mol. The zero-order chi connectivity index (χ0) is 12.4. The topological polar surface area (TPSA) is 50.9 Å². The van der Waals surface area contributed by atoms with E-state index in [1.807, 2.05) is 6.07 Å². The van der Waals surface area contributed by atoms with Gasteiger partial charge in [0.05, 0.1) is 0 Å². The SMILES string of the molecule is CC1CCCC(Nc2cc(N)cc(Cl)n2)C1C. The first kappa shape index (κ1) is 12.5. The summed E-state index contributed by atoms with van der Waals surface area (Å²) in [5.41, 5.74) is 6.42. The van der Waals surface area contributed by atoms with E-state index in [9.17, 15) is 0 Å². The first-order valence-electron chi connectivity index (χ1n) is 6.26. The van der Waals surface area contributed by atoms with Gasteiger partial charge < -0.3 is 11.1 Å². The average Bonchev–Trinajstić information content (AvgIpc) is 2.23. The molecule has 17 heavy (non-hydrogen) atoms. The van der Waals surface area contributed by atoms with Crippen LogP contribution in [-0.2, 0) is 0 Å². The molecule has 3 unspecified atom stereocenters. The van der Waals surface area contributed by atoms with Gasteiger partial charge in [-0.3, -0.25) is 0 Å². The van der Waals surface area contributed by atoms with Gasteiger partial charge in [-0.1, -0.05) is 38.3 Å². The fraction of sp³-hybridized carbons (Fsp3) is 0.615. The molecule has 3 atom stereocenters. The summed E-state index contributed by atoms with van der Waals surface area (Å²) in [6, 6.07) is 3.99. The third-order valence-corrected chi connectivity index (χ3v) is 4.05.